The zero-order chi connectivity index (χ0) is 35.2. The number of nitro groups is 1. The number of nitrogens with one attached hydrogen (secondary N) is 1. The van der Waals surface area contributed by atoms with Crippen LogP contribution in [0.25, 0.3) is 10.8 Å². The van der Waals surface area contributed by atoms with Gasteiger partial charge in [-0.05, 0) is 41.8 Å². The fourth-order valence-corrected chi connectivity index (χ4v) is 5.51. The molecule has 0 saturated carbocycles. The molecule has 0 aromatic heterocycles. The molecule has 0 aliphatic carbocycles. The normalized spacial score (nSPS) is 11.9. The lowest BCUT2D eigenvalue weighted by molar-refractivity contribution is -0.432. The molecule has 0 aliphatic heterocycles. The molecule has 0 unspecified atom stereocenters. The molecule has 0 aliphatic rings. The number of nitro benzene ring substituents is 1. The van der Waals surface area contributed by atoms with Gasteiger partial charge in [0.2, 0.25) is 5.91 Å². The maximum atomic E-state index is 12.4. The van der Waals surface area contributed by atoms with E-state index in [2.05, 4.69) is 44.5 Å². The third-order valence-corrected chi connectivity index (χ3v) is 7.92. The summed E-state index contributed by atoms with van der Waals surface area (Å²) in [6, 6.07) is 8.65. The van der Waals surface area contributed by atoms with E-state index in [0.29, 0.717) is 12.0 Å². The molecule has 21 nitrogen and oxygen atoms in total. The number of nitrogens with zero attached hydrogens (tertiary/aromatic N) is 5. The Hall–Kier alpha value is -5.02. The summed E-state index contributed by atoms with van der Waals surface area (Å²) < 4.78 is 43.5. The number of benzene rings is 4. The first-order chi connectivity index (χ1) is 22.7. The van der Waals surface area contributed by atoms with Crippen LogP contribution >= 0.6 is 24.1 Å². The van der Waals surface area contributed by atoms with Crippen molar-refractivity contribution in [2.75, 3.05) is 5.32 Å². The standard InChI is InChI=1S/C24H18N6O15S3/c1-10(31)25-12-2-4-15(17(8-12)46-44-42-37)27-29-22-19(48(39,40)41)7-11-6-18(47-45-43-38)21(23(33)20(11)24(22)34)28-26-14-5-3-13(30(35)36)9-16(14)32/h2-9,32-34,37-38H,1H3,(H,25,31)(H,39,40,41). The molecule has 0 radical (unpaired) electrons. The first kappa shape index (κ1) is 35.8. The van der Waals surface area contributed by atoms with Gasteiger partial charge in [-0.3, -0.25) is 19.5 Å². The number of hydrogen-bond donors (Lipinski definition) is 7. The minimum Gasteiger partial charge on any atom is -0.505 e. The van der Waals surface area contributed by atoms with Crippen LogP contribution in [0, 0.1) is 10.1 Å². The molecule has 24 heteroatoms. The van der Waals surface area contributed by atoms with E-state index in [-0.39, 0.29) is 44.3 Å². The number of amides is 1. The molecular formula is C24H18N6O15S3. The van der Waals surface area contributed by atoms with Crippen LogP contribution in [0.15, 0.2) is 83.7 Å². The van der Waals surface area contributed by atoms with Crippen LogP contribution in [0.4, 0.5) is 34.1 Å². The molecule has 48 heavy (non-hydrogen) atoms. The fraction of sp³-hybridized carbons (Fsp3) is 0.0417. The minimum absolute atomic E-state index is 0.0422. The molecule has 0 fully saturated rings. The van der Waals surface area contributed by atoms with Crippen molar-refractivity contribution in [2.45, 2.75) is 21.6 Å². The smallest absolute Gasteiger partial charge is 0.296 e. The zero-order valence-corrected chi connectivity index (χ0v) is 25.9. The van der Waals surface area contributed by atoms with Crippen molar-refractivity contribution in [2.24, 2.45) is 20.5 Å². The third-order valence-electron chi connectivity index (χ3n) is 5.80. The number of hydrogen-bond acceptors (Lipinski definition) is 20. The Morgan fingerprint density at radius 2 is 1.46 bits per heavy atom. The highest BCUT2D eigenvalue weighted by molar-refractivity contribution is 7.95. The van der Waals surface area contributed by atoms with E-state index in [9.17, 15) is 43.2 Å². The van der Waals surface area contributed by atoms with Gasteiger partial charge in [-0.15, -0.1) is 29.1 Å². The Kier molecular flexibility index (Phi) is 11.4. The molecule has 1 amide bonds. The lowest BCUT2D eigenvalue weighted by Crippen LogP contribution is -2.05. The summed E-state index contributed by atoms with van der Waals surface area (Å²) in [5.74, 6) is -3.05. The van der Waals surface area contributed by atoms with E-state index in [0.717, 1.165) is 30.3 Å². The van der Waals surface area contributed by atoms with Crippen LogP contribution < -0.4 is 5.32 Å². The van der Waals surface area contributed by atoms with E-state index < -0.39 is 65.5 Å². The SMILES string of the molecule is CC(=O)Nc1ccc(N=Nc2c(S(=O)(=O)O)cc3cc(SOOO)c(N=Nc4ccc([N+](=O)[O-])cc4O)c(O)c3c2O)c(SOOO)c1. The molecule has 0 saturated heterocycles. The monoisotopic (exact) mass is 726 g/mol. The zero-order valence-electron chi connectivity index (χ0n) is 23.4. The largest absolute Gasteiger partial charge is 0.505 e. The minimum atomic E-state index is -5.16. The van der Waals surface area contributed by atoms with Gasteiger partial charge in [-0.2, -0.15) is 8.42 Å². The molecule has 4 rings (SSSR count). The summed E-state index contributed by atoms with van der Waals surface area (Å²) in [7, 11) is -5.16. The van der Waals surface area contributed by atoms with Gasteiger partial charge in [-0.25, -0.2) is 10.5 Å². The topological polar surface area (TPSA) is 314 Å². The van der Waals surface area contributed by atoms with Crippen LogP contribution in [0.1, 0.15) is 6.92 Å². The number of carbonyl (C=O) groups is 1. The molecule has 4 aromatic carbocycles. The summed E-state index contributed by atoms with van der Waals surface area (Å²) in [6.45, 7) is 1.24. The quantitative estimate of drug-likeness (QED) is 0.0187. The number of fused-ring (bicyclic) bond motifs is 1. The van der Waals surface area contributed by atoms with Gasteiger partial charge in [0.25, 0.3) is 15.8 Å². The van der Waals surface area contributed by atoms with Gasteiger partial charge in [0.1, 0.15) is 33.4 Å². The Balaban J connectivity index is 1.92. The van der Waals surface area contributed by atoms with E-state index in [4.69, 9.17) is 10.5 Å². The van der Waals surface area contributed by atoms with E-state index in [1.165, 1.54) is 25.1 Å². The van der Waals surface area contributed by atoms with E-state index in [1.54, 1.807) is 0 Å². The first-order valence-electron chi connectivity index (χ1n) is 12.3. The first-order valence-corrected chi connectivity index (χ1v) is 15.2. The number of aromatic hydroxyl groups is 3. The predicted molar refractivity (Wildman–Crippen MR) is 162 cm³/mol. The van der Waals surface area contributed by atoms with Crippen molar-refractivity contribution in [3.63, 3.8) is 0 Å². The fourth-order valence-electron chi connectivity index (χ4n) is 3.88. The summed E-state index contributed by atoms with van der Waals surface area (Å²) in [5, 5.41) is 84.8. The molecule has 252 valence electrons. The average molecular weight is 727 g/mol. The summed E-state index contributed by atoms with van der Waals surface area (Å²) in [4.78, 5) is 20.5. The van der Waals surface area contributed by atoms with Gasteiger partial charge in [0, 0.05) is 18.7 Å². The van der Waals surface area contributed by atoms with Gasteiger partial charge >= 0.3 is 0 Å². The maximum absolute atomic E-state index is 12.4. The van der Waals surface area contributed by atoms with E-state index in [1.807, 2.05) is 0 Å². The summed E-state index contributed by atoms with van der Waals surface area (Å²) >= 11 is 0.619. The molecule has 0 heterocycles. The van der Waals surface area contributed by atoms with Crippen molar-refractivity contribution in [3.8, 4) is 17.2 Å². The second-order valence-corrected chi connectivity index (χ2v) is 11.7. The molecule has 0 spiro atoms. The predicted octanol–water partition coefficient (Wildman–Crippen LogP) is 6.76. The van der Waals surface area contributed by atoms with Crippen molar-refractivity contribution in [1.82, 2.24) is 0 Å². The Labute approximate surface area is 275 Å². The lowest BCUT2D eigenvalue weighted by Gasteiger charge is -2.13. The van der Waals surface area contributed by atoms with E-state index >= 15 is 0 Å². The van der Waals surface area contributed by atoms with Crippen molar-refractivity contribution in [3.05, 3.63) is 58.6 Å². The number of phenolic OH excluding ortho intramolecular Hbond substituents is 3. The molecule has 4 aromatic rings. The molecule has 0 bridgehead atoms. The Morgan fingerprint density at radius 1 is 0.854 bits per heavy atom. The van der Waals surface area contributed by atoms with Gasteiger partial charge in [0.15, 0.2) is 11.5 Å². The highest BCUT2D eigenvalue weighted by atomic mass is 32.2. The van der Waals surface area contributed by atoms with Gasteiger partial charge in [-0.1, -0.05) is 10.1 Å². The average Bonchev–Trinajstić information content (AvgIpc) is 3.01. The molecule has 0 atom stereocenters. The highest BCUT2D eigenvalue weighted by Crippen LogP contribution is 2.51. The second kappa shape index (κ2) is 15.3. The van der Waals surface area contributed by atoms with Crippen molar-refractivity contribution >= 4 is 85.0 Å². The van der Waals surface area contributed by atoms with Gasteiger partial charge in [0.05, 0.1) is 50.3 Å². The Morgan fingerprint density at radius 3 is 2.06 bits per heavy atom. The lowest BCUT2D eigenvalue weighted by atomic mass is 10.1. The number of rotatable bonds is 13. The van der Waals surface area contributed by atoms with Crippen molar-refractivity contribution < 1.29 is 67.3 Å². The van der Waals surface area contributed by atoms with Crippen LogP contribution in [0.2, 0.25) is 0 Å². The molecular weight excluding hydrogens is 708 g/mol. The number of anilines is 1. The highest BCUT2D eigenvalue weighted by Gasteiger charge is 2.27. The molecule has 7 N–H and O–H groups in total. The van der Waals surface area contributed by atoms with Crippen LogP contribution in [-0.4, -0.2) is 49.6 Å². The number of phenols is 3. The number of carbonyl (C=O) groups excluding carboxylic acids is 1. The Bertz CT molecular complexity index is 2080. The van der Waals surface area contributed by atoms with Gasteiger partial charge < -0.3 is 20.6 Å². The maximum Gasteiger partial charge on any atom is 0.296 e. The van der Waals surface area contributed by atoms with Crippen LogP contribution in [0.5, 0.6) is 17.2 Å². The third kappa shape index (κ3) is 8.27. The number of azo groups is 2. The summed E-state index contributed by atoms with van der Waals surface area (Å²) in [6.07, 6.45) is 0. The van der Waals surface area contributed by atoms with Crippen LogP contribution in [-0.2, 0) is 33.7 Å². The summed E-state index contributed by atoms with van der Waals surface area (Å²) in [5.41, 5.74) is -2.02. The number of non-ortho nitro benzene ring substituents is 1. The van der Waals surface area contributed by atoms with Crippen molar-refractivity contribution in [1.29, 1.82) is 0 Å². The van der Waals surface area contributed by atoms with Crippen LogP contribution in [0.3, 0.4) is 0 Å². The second-order valence-electron chi connectivity index (χ2n) is 8.86.